The highest BCUT2D eigenvalue weighted by Crippen LogP contribution is 2.51. The molecular weight excluding hydrogens is 861 g/mol. The first-order chi connectivity index (χ1) is 35.2. The van der Waals surface area contributed by atoms with Crippen LogP contribution in [0.2, 0.25) is 0 Å². The molecule has 13 rings (SSSR count). The molecule has 0 atom stereocenters. The van der Waals surface area contributed by atoms with Gasteiger partial charge in [0.05, 0.1) is 22.7 Å². The summed E-state index contributed by atoms with van der Waals surface area (Å²) >= 11 is 0. The molecule has 0 saturated heterocycles. The molecule has 3 heteroatoms. The van der Waals surface area contributed by atoms with Gasteiger partial charge >= 0.3 is 0 Å². The molecule has 0 spiro atoms. The normalized spacial score (nSPS) is 11.4. The molecule has 0 bridgehead atoms. The smallest absolute Gasteiger partial charge is 0.143 e. The van der Waals surface area contributed by atoms with Crippen molar-refractivity contribution in [1.29, 1.82) is 0 Å². The quantitative estimate of drug-likeness (QED) is 0.136. The lowest BCUT2D eigenvalue weighted by molar-refractivity contribution is 0.676. The summed E-state index contributed by atoms with van der Waals surface area (Å²) in [6.45, 7) is 0. The summed E-state index contributed by atoms with van der Waals surface area (Å²) in [5.74, 6) is 0. The van der Waals surface area contributed by atoms with E-state index in [1.807, 2.05) is 0 Å². The molecule has 0 amide bonds. The lowest BCUT2D eigenvalue weighted by Gasteiger charge is -2.30. The molecule has 0 aliphatic rings. The topological polar surface area (TPSA) is 19.6 Å². The largest absolute Gasteiger partial charge is 0.455 e. The zero-order chi connectivity index (χ0) is 47.1. The third-order valence-electron chi connectivity index (χ3n) is 13.8. The molecule has 71 heavy (non-hydrogen) atoms. The number of benzene rings is 12. The molecule has 0 aliphatic heterocycles. The van der Waals surface area contributed by atoms with Gasteiger partial charge in [-0.25, -0.2) is 0 Å². The molecule has 3 nitrogen and oxygen atoms in total. The second-order valence-corrected chi connectivity index (χ2v) is 18.0. The van der Waals surface area contributed by atoms with Crippen LogP contribution in [-0.4, -0.2) is 0 Å². The average molecular weight is 907 g/mol. The number of para-hydroxylation sites is 2. The number of fused-ring (bicyclic) bond motifs is 7. The van der Waals surface area contributed by atoms with Gasteiger partial charge in [-0.2, -0.15) is 0 Å². The van der Waals surface area contributed by atoms with Crippen molar-refractivity contribution in [2.24, 2.45) is 0 Å². The van der Waals surface area contributed by atoms with Gasteiger partial charge in [0.15, 0.2) is 0 Å². The molecule has 334 valence electrons. The maximum Gasteiger partial charge on any atom is 0.143 e. The van der Waals surface area contributed by atoms with E-state index in [1.54, 1.807) is 0 Å². The van der Waals surface area contributed by atoms with Gasteiger partial charge in [0.2, 0.25) is 0 Å². The summed E-state index contributed by atoms with van der Waals surface area (Å²) in [6, 6.07) is 100. The van der Waals surface area contributed by atoms with Gasteiger partial charge in [-0.15, -0.1) is 0 Å². The lowest BCUT2D eigenvalue weighted by atomic mass is 9.97. The molecule has 0 aliphatic carbocycles. The summed E-state index contributed by atoms with van der Waals surface area (Å²) in [7, 11) is 0. The van der Waals surface area contributed by atoms with Crippen LogP contribution in [0.5, 0.6) is 0 Å². The van der Waals surface area contributed by atoms with Gasteiger partial charge < -0.3 is 14.2 Å². The zero-order valence-corrected chi connectivity index (χ0v) is 38.9. The fourth-order valence-corrected chi connectivity index (χ4v) is 10.5. The maximum atomic E-state index is 7.25. The van der Waals surface area contributed by atoms with Crippen LogP contribution < -0.4 is 9.80 Å². The Morgan fingerprint density at radius 2 is 0.507 bits per heavy atom. The van der Waals surface area contributed by atoms with E-state index in [-0.39, 0.29) is 0 Å². The summed E-state index contributed by atoms with van der Waals surface area (Å²) in [4.78, 5) is 4.88. The minimum atomic E-state index is 0.862. The van der Waals surface area contributed by atoms with Crippen molar-refractivity contribution in [1.82, 2.24) is 0 Å². The van der Waals surface area contributed by atoms with Crippen molar-refractivity contribution < 1.29 is 4.42 Å². The van der Waals surface area contributed by atoms with Crippen molar-refractivity contribution in [3.8, 4) is 44.5 Å². The fourth-order valence-electron chi connectivity index (χ4n) is 10.5. The molecule has 0 saturated carbocycles. The molecule has 0 unspecified atom stereocenters. The summed E-state index contributed by atoms with van der Waals surface area (Å²) < 4.78 is 7.25. The molecule has 0 radical (unpaired) electrons. The van der Waals surface area contributed by atoms with Crippen LogP contribution in [0.25, 0.3) is 88.0 Å². The highest BCUT2D eigenvalue weighted by atomic mass is 16.3. The second-order valence-electron chi connectivity index (χ2n) is 18.0. The first-order valence-corrected chi connectivity index (χ1v) is 24.2. The highest BCUT2D eigenvalue weighted by molar-refractivity contribution is 6.25. The third-order valence-corrected chi connectivity index (χ3v) is 13.8. The number of hydrogen-bond acceptors (Lipinski definition) is 3. The Hall–Kier alpha value is -9.44. The first-order valence-electron chi connectivity index (χ1n) is 24.2. The maximum absolute atomic E-state index is 7.25. The molecule has 1 aromatic heterocycles. The molecule has 0 fully saturated rings. The Bertz CT molecular complexity index is 3750. The molecule has 13 aromatic rings. The van der Waals surface area contributed by atoms with E-state index in [2.05, 4.69) is 289 Å². The van der Waals surface area contributed by atoms with Crippen LogP contribution in [0, 0.1) is 0 Å². The third kappa shape index (κ3) is 7.49. The van der Waals surface area contributed by atoms with Gasteiger partial charge in [0.1, 0.15) is 11.2 Å². The minimum absolute atomic E-state index is 0.862. The van der Waals surface area contributed by atoms with Crippen LogP contribution >= 0.6 is 0 Å². The monoisotopic (exact) mass is 906 g/mol. The predicted octanol–water partition coefficient (Wildman–Crippen LogP) is 19.5. The van der Waals surface area contributed by atoms with E-state index >= 15 is 0 Å². The fraction of sp³-hybridized carbons (Fsp3) is 0. The summed E-state index contributed by atoms with van der Waals surface area (Å²) in [5.41, 5.74) is 17.4. The van der Waals surface area contributed by atoms with E-state index in [0.29, 0.717) is 0 Å². The lowest BCUT2D eigenvalue weighted by Crippen LogP contribution is -2.12. The Balaban J connectivity index is 1.09. The molecule has 1 heterocycles. The Labute approximate surface area is 413 Å². The second kappa shape index (κ2) is 17.9. The number of hydrogen-bond donors (Lipinski definition) is 0. The van der Waals surface area contributed by atoms with Crippen molar-refractivity contribution in [2.75, 3.05) is 9.80 Å². The molecular formula is C68H46N2O. The summed E-state index contributed by atoms with van der Waals surface area (Å²) in [5, 5.41) is 6.37. The van der Waals surface area contributed by atoms with Crippen molar-refractivity contribution in [3.63, 3.8) is 0 Å². The van der Waals surface area contributed by atoms with Gasteiger partial charge in [-0.3, -0.25) is 0 Å². The number of furan rings is 1. The number of nitrogens with zero attached hydrogens (tertiary/aromatic N) is 2. The number of anilines is 6. The van der Waals surface area contributed by atoms with Gasteiger partial charge in [0.25, 0.3) is 0 Å². The molecule has 0 N–H and O–H groups in total. The first kappa shape index (κ1) is 41.7. The minimum Gasteiger partial charge on any atom is -0.455 e. The van der Waals surface area contributed by atoms with Crippen LogP contribution in [0.3, 0.4) is 0 Å². The molecule has 12 aromatic carbocycles. The van der Waals surface area contributed by atoms with Gasteiger partial charge in [-0.05, 0) is 81.9 Å². The van der Waals surface area contributed by atoms with E-state index in [1.165, 1.54) is 22.3 Å². The van der Waals surface area contributed by atoms with Crippen LogP contribution in [0.1, 0.15) is 0 Å². The van der Waals surface area contributed by atoms with Crippen LogP contribution in [0.15, 0.2) is 283 Å². The number of rotatable bonds is 10. The van der Waals surface area contributed by atoms with E-state index < -0.39 is 0 Å². The average Bonchev–Trinajstić information content (AvgIpc) is 3.84. The Morgan fingerprint density at radius 1 is 0.211 bits per heavy atom. The highest BCUT2D eigenvalue weighted by Gasteiger charge is 2.26. The van der Waals surface area contributed by atoms with E-state index in [9.17, 15) is 0 Å². The van der Waals surface area contributed by atoms with E-state index in [4.69, 9.17) is 4.42 Å². The van der Waals surface area contributed by atoms with Gasteiger partial charge in [-0.1, -0.05) is 231 Å². The SMILES string of the molecule is c1ccc(-c2ccc(N(c3ccccc3-c3ccccc3)c3cc4c5cc(N(c6ccc(-c7ccccc7)cc6)c6ccccc6-c6ccccc6)c6ccccc6c5oc4c4ccccc34)cc2)cc1. The van der Waals surface area contributed by atoms with Crippen molar-refractivity contribution >= 4 is 77.6 Å². The van der Waals surface area contributed by atoms with Gasteiger partial charge in [0, 0.05) is 54.8 Å². The van der Waals surface area contributed by atoms with Crippen LogP contribution in [-0.2, 0) is 0 Å². The predicted molar refractivity (Wildman–Crippen MR) is 300 cm³/mol. The summed E-state index contributed by atoms with van der Waals surface area (Å²) in [6.07, 6.45) is 0. The zero-order valence-electron chi connectivity index (χ0n) is 38.9. The standard InChI is InChI=1S/C68H46N2O/c1-5-21-47(22-6-1)49-37-41-53(42-38-49)69(63-35-19-17-29-55(63)51-25-9-3-10-26-51)65-45-61-62-46-66(58-32-14-16-34-60(58)68(62)71-67(61)59-33-15-13-31-57(59)65)70(54-43-39-50(40-44-54)48-23-7-2-8-24-48)64-36-20-18-30-56(64)52-27-11-4-12-28-52/h1-46H. The van der Waals surface area contributed by atoms with Crippen molar-refractivity contribution in [3.05, 3.63) is 279 Å². The van der Waals surface area contributed by atoms with Crippen molar-refractivity contribution in [2.45, 2.75) is 0 Å². The van der Waals surface area contributed by atoms with E-state index in [0.717, 1.165) is 99.9 Å². The van der Waals surface area contributed by atoms with Crippen LogP contribution in [0.4, 0.5) is 34.1 Å². The Kier molecular flexibility index (Phi) is 10.5. The Morgan fingerprint density at radius 3 is 0.887 bits per heavy atom.